The molecule has 1 N–H and O–H groups in total. The summed E-state index contributed by atoms with van der Waals surface area (Å²) in [4.78, 5) is 19.3. The number of ether oxygens (including phenoxy) is 3. The van der Waals surface area contributed by atoms with Crippen molar-refractivity contribution in [2.24, 2.45) is 0 Å². The van der Waals surface area contributed by atoms with E-state index in [1.165, 1.54) is 11.3 Å². The number of carbonyl (C=O) groups is 1. The monoisotopic (exact) mass is 473 g/mol. The van der Waals surface area contributed by atoms with Gasteiger partial charge in [-0.1, -0.05) is 23.7 Å². The Kier molecular flexibility index (Phi) is 7.26. The smallest absolute Gasteiger partial charge is 0.240 e. The third-order valence-corrected chi connectivity index (χ3v) is 6.20. The van der Waals surface area contributed by atoms with Gasteiger partial charge in [-0.05, 0) is 29.8 Å². The minimum Gasteiger partial charge on any atom is -0.497 e. The summed E-state index contributed by atoms with van der Waals surface area (Å²) in [5.41, 5.74) is 2.63. The molecule has 1 saturated heterocycles. The number of thiazole rings is 1. The van der Waals surface area contributed by atoms with E-state index in [2.05, 4.69) is 15.2 Å². The maximum absolute atomic E-state index is 12.6. The minimum absolute atomic E-state index is 0.0807. The normalized spacial score (nSPS) is 16.5. The van der Waals surface area contributed by atoms with Crippen LogP contribution in [0.4, 0.5) is 5.13 Å². The first-order chi connectivity index (χ1) is 15.6. The van der Waals surface area contributed by atoms with Crippen LogP contribution in [0, 0.1) is 0 Å². The second-order valence-corrected chi connectivity index (χ2v) is 8.59. The summed E-state index contributed by atoms with van der Waals surface area (Å²) < 4.78 is 16.6. The summed E-state index contributed by atoms with van der Waals surface area (Å²) in [6, 6.07) is 13.2. The van der Waals surface area contributed by atoms with Gasteiger partial charge in [0.15, 0.2) is 5.13 Å². The molecule has 168 valence electrons. The van der Waals surface area contributed by atoms with Crippen LogP contribution in [-0.4, -0.2) is 56.3 Å². The van der Waals surface area contributed by atoms with Crippen LogP contribution in [0.1, 0.15) is 11.7 Å². The molecule has 0 aliphatic carbocycles. The van der Waals surface area contributed by atoms with Crippen LogP contribution in [0.3, 0.4) is 0 Å². The molecule has 32 heavy (non-hydrogen) atoms. The molecule has 0 radical (unpaired) electrons. The predicted octanol–water partition coefficient (Wildman–Crippen LogP) is 4.49. The number of rotatable bonds is 7. The second kappa shape index (κ2) is 10.3. The first-order valence-corrected chi connectivity index (χ1v) is 11.4. The lowest BCUT2D eigenvalue weighted by atomic mass is 10.1. The average Bonchev–Trinajstić information content (AvgIpc) is 3.27. The van der Waals surface area contributed by atoms with E-state index < -0.39 is 0 Å². The van der Waals surface area contributed by atoms with Gasteiger partial charge in [0.25, 0.3) is 0 Å². The lowest BCUT2D eigenvalue weighted by molar-refractivity contribution is -0.119. The van der Waals surface area contributed by atoms with Crippen LogP contribution in [0.5, 0.6) is 11.5 Å². The van der Waals surface area contributed by atoms with Crippen LogP contribution >= 0.6 is 22.9 Å². The summed E-state index contributed by atoms with van der Waals surface area (Å²) in [5, 5.41) is 6.04. The number of morpholine rings is 1. The SMILES string of the molecule is COc1ccc(-c2csc(NC(=O)CN3CCOC(c4ccc(Cl)cc4)C3)n2)c(OC)c1. The molecule has 0 spiro atoms. The van der Waals surface area contributed by atoms with E-state index in [4.69, 9.17) is 25.8 Å². The number of carbonyl (C=O) groups excluding carboxylic acids is 1. The number of halogens is 1. The van der Waals surface area contributed by atoms with Crippen LogP contribution in [0.15, 0.2) is 47.8 Å². The molecule has 1 amide bonds. The van der Waals surface area contributed by atoms with Crippen molar-refractivity contribution >= 4 is 34.0 Å². The lowest BCUT2D eigenvalue weighted by Crippen LogP contribution is -2.42. The van der Waals surface area contributed by atoms with Gasteiger partial charge in [-0.2, -0.15) is 0 Å². The molecule has 1 fully saturated rings. The fourth-order valence-corrected chi connectivity index (χ4v) is 4.40. The van der Waals surface area contributed by atoms with E-state index in [-0.39, 0.29) is 18.6 Å². The van der Waals surface area contributed by atoms with Gasteiger partial charge in [-0.15, -0.1) is 11.3 Å². The van der Waals surface area contributed by atoms with Crippen molar-refractivity contribution in [1.29, 1.82) is 0 Å². The predicted molar refractivity (Wildman–Crippen MR) is 126 cm³/mol. The quantitative estimate of drug-likeness (QED) is 0.545. The molecule has 2 aromatic carbocycles. The van der Waals surface area contributed by atoms with E-state index in [9.17, 15) is 4.79 Å². The molecule has 9 heteroatoms. The molecule has 1 aliphatic heterocycles. The van der Waals surface area contributed by atoms with Crippen molar-refractivity contribution in [3.05, 3.63) is 58.4 Å². The summed E-state index contributed by atoms with van der Waals surface area (Å²) in [6.45, 7) is 2.18. The molecule has 7 nitrogen and oxygen atoms in total. The fourth-order valence-electron chi connectivity index (χ4n) is 3.55. The number of benzene rings is 2. The Bertz CT molecular complexity index is 1070. The summed E-state index contributed by atoms with van der Waals surface area (Å²) in [5.74, 6) is 1.26. The molecule has 0 bridgehead atoms. The summed E-state index contributed by atoms with van der Waals surface area (Å²) in [7, 11) is 3.21. The molecule has 3 aromatic rings. The van der Waals surface area contributed by atoms with Gasteiger partial charge < -0.3 is 19.5 Å². The van der Waals surface area contributed by atoms with E-state index in [1.54, 1.807) is 14.2 Å². The largest absolute Gasteiger partial charge is 0.497 e. The lowest BCUT2D eigenvalue weighted by Gasteiger charge is -2.32. The number of methoxy groups -OCH3 is 2. The number of hydrogen-bond donors (Lipinski definition) is 1. The van der Waals surface area contributed by atoms with E-state index >= 15 is 0 Å². The highest BCUT2D eigenvalue weighted by Crippen LogP contribution is 2.34. The summed E-state index contributed by atoms with van der Waals surface area (Å²) >= 11 is 7.35. The Labute approximate surface area is 195 Å². The average molecular weight is 474 g/mol. The molecule has 0 saturated carbocycles. The number of aromatic nitrogens is 1. The molecule has 2 heterocycles. The maximum Gasteiger partial charge on any atom is 0.240 e. The first-order valence-electron chi connectivity index (χ1n) is 10.1. The van der Waals surface area contributed by atoms with Gasteiger partial charge >= 0.3 is 0 Å². The third kappa shape index (κ3) is 5.39. The number of nitrogens with one attached hydrogen (secondary N) is 1. The van der Waals surface area contributed by atoms with Gasteiger partial charge in [0.1, 0.15) is 11.5 Å². The molecule has 1 aliphatic rings. The standard InChI is InChI=1S/C23H24ClN3O4S/c1-29-17-7-8-18(20(11-17)30-2)19-14-32-23(25-19)26-22(28)13-27-9-10-31-21(12-27)15-3-5-16(24)6-4-15/h3-8,11,14,21H,9-10,12-13H2,1-2H3,(H,25,26,28). The Morgan fingerprint density at radius 3 is 2.81 bits per heavy atom. The molecule has 1 unspecified atom stereocenters. The number of nitrogens with zero attached hydrogens (tertiary/aromatic N) is 2. The van der Waals surface area contributed by atoms with Crippen molar-refractivity contribution in [3.8, 4) is 22.8 Å². The van der Waals surface area contributed by atoms with Crippen molar-refractivity contribution in [3.63, 3.8) is 0 Å². The second-order valence-electron chi connectivity index (χ2n) is 7.30. The van der Waals surface area contributed by atoms with E-state index in [0.29, 0.717) is 41.3 Å². The Balaban J connectivity index is 1.37. The van der Waals surface area contributed by atoms with Gasteiger partial charge in [0, 0.05) is 35.1 Å². The van der Waals surface area contributed by atoms with Crippen molar-refractivity contribution in [2.75, 3.05) is 45.8 Å². The highest BCUT2D eigenvalue weighted by atomic mass is 35.5. The van der Waals surface area contributed by atoms with E-state index in [0.717, 1.165) is 16.8 Å². The summed E-state index contributed by atoms with van der Waals surface area (Å²) in [6.07, 6.45) is -0.0807. The highest BCUT2D eigenvalue weighted by molar-refractivity contribution is 7.14. The zero-order chi connectivity index (χ0) is 22.5. The minimum atomic E-state index is -0.107. The van der Waals surface area contributed by atoms with Gasteiger partial charge in [0.2, 0.25) is 5.91 Å². The van der Waals surface area contributed by atoms with Crippen LogP contribution in [-0.2, 0) is 9.53 Å². The zero-order valence-corrected chi connectivity index (χ0v) is 19.4. The van der Waals surface area contributed by atoms with Crippen molar-refractivity contribution < 1.29 is 19.0 Å². The molecular formula is C23H24ClN3O4S. The Hall–Kier alpha value is -2.65. The van der Waals surface area contributed by atoms with Crippen LogP contribution < -0.4 is 14.8 Å². The van der Waals surface area contributed by atoms with Crippen LogP contribution in [0.25, 0.3) is 11.3 Å². The van der Waals surface area contributed by atoms with Gasteiger partial charge in [-0.3, -0.25) is 9.69 Å². The topological polar surface area (TPSA) is 72.9 Å². The molecule has 1 aromatic heterocycles. The first kappa shape index (κ1) is 22.5. The molecular weight excluding hydrogens is 450 g/mol. The molecule has 4 rings (SSSR count). The number of anilines is 1. The number of amides is 1. The number of hydrogen-bond acceptors (Lipinski definition) is 7. The highest BCUT2D eigenvalue weighted by Gasteiger charge is 2.24. The van der Waals surface area contributed by atoms with Crippen molar-refractivity contribution in [2.45, 2.75) is 6.10 Å². The maximum atomic E-state index is 12.6. The fraction of sp³-hybridized carbons (Fsp3) is 0.304. The molecule has 1 atom stereocenters. The Morgan fingerprint density at radius 2 is 2.06 bits per heavy atom. The zero-order valence-electron chi connectivity index (χ0n) is 17.8. The van der Waals surface area contributed by atoms with Crippen molar-refractivity contribution in [1.82, 2.24) is 9.88 Å². The van der Waals surface area contributed by atoms with Gasteiger partial charge in [0.05, 0.1) is 39.2 Å². The van der Waals surface area contributed by atoms with E-state index in [1.807, 2.05) is 47.8 Å². The third-order valence-electron chi connectivity index (χ3n) is 5.19. The Morgan fingerprint density at radius 1 is 1.25 bits per heavy atom. The van der Waals surface area contributed by atoms with Gasteiger partial charge in [-0.25, -0.2) is 4.98 Å². The van der Waals surface area contributed by atoms with Crippen LogP contribution in [0.2, 0.25) is 5.02 Å².